The van der Waals surface area contributed by atoms with Gasteiger partial charge in [0.05, 0.1) is 0 Å². The number of hydrogen-bond acceptors (Lipinski definition) is 8. The van der Waals surface area contributed by atoms with Crippen molar-refractivity contribution in [2.24, 2.45) is 0 Å². The molecule has 4 rings (SSSR count). The molecule has 2 aromatic rings. The quantitative estimate of drug-likeness (QED) is 0.0902. The molecule has 0 radical (unpaired) electrons. The molecule has 240 valence electrons. The predicted molar refractivity (Wildman–Crippen MR) is 180 cm³/mol. The summed E-state index contributed by atoms with van der Waals surface area (Å²) in [5, 5.41) is 2.71. The zero-order valence-corrected chi connectivity index (χ0v) is 29.9. The number of halogens is 6. The van der Waals surface area contributed by atoms with Gasteiger partial charge in [-0.1, -0.05) is 0 Å². The van der Waals surface area contributed by atoms with Gasteiger partial charge in [-0.3, -0.25) is 0 Å². The first-order chi connectivity index (χ1) is 20.7. The Morgan fingerprint density at radius 3 is 1.93 bits per heavy atom. The first-order valence-electron chi connectivity index (χ1n) is 13.3. The molecular formula is C28H29Cl6N2O6PS. The zero-order chi connectivity index (χ0) is 32.2. The Balaban J connectivity index is 1.79. The molecule has 44 heavy (non-hydrogen) atoms. The third-order valence-electron chi connectivity index (χ3n) is 6.77. The number of fused-ring (bicyclic) bond motifs is 1. The van der Waals surface area contributed by atoms with Crippen LogP contribution in [-0.4, -0.2) is 73.2 Å². The summed E-state index contributed by atoms with van der Waals surface area (Å²) >= 11 is 38.1. The normalized spacial score (nSPS) is 19.7. The van der Waals surface area contributed by atoms with Crippen LogP contribution in [0.1, 0.15) is 24.2 Å². The number of carbonyl (C=O) groups excluding carboxylic acids is 3. The van der Waals surface area contributed by atoms with E-state index in [1.54, 1.807) is 0 Å². The molecule has 1 saturated heterocycles. The fourth-order valence-electron chi connectivity index (χ4n) is 4.96. The van der Waals surface area contributed by atoms with Crippen LogP contribution in [0.4, 0.5) is 0 Å². The number of ether oxygens (including phenoxy) is 3. The summed E-state index contributed by atoms with van der Waals surface area (Å²) in [5.74, 6) is -1.73. The van der Waals surface area contributed by atoms with Crippen molar-refractivity contribution in [1.29, 1.82) is 0 Å². The summed E-state index contributed by atoms with van der Waals surface area (Å²) in [7, 11) is -1.13. The summed E-state index contributed by atoms with van der Waals surface area (Å²) in [6.07, 6.45) is -2.81. The van der Waals surface area contributed by atoms with Crippen molar-refractivity contribution >= 4 is 107 Å². The molecule has 1 amide bonds. The number of β-lactam (4-membered cyclic amide) rings is 1. The standard InChI is InChI=1S/C28H29Cl6N2O6PS/c1-16(37)41-23(35-43(14-27(29,30)31)15-28(32,33)34)19-13-44-25-22(40-2)24(38)36(25)20(19)26(39)42-21(17-9-5-3-6-10-17)18-11-7-4-8-12-18/h3-12,21-23,25,35H,13-15,43H2,1-2H3/t22-,23?,25-/m1/s1. The summed E-state index contributed by atoms with van der Waals surface area (Å²) in [5.41, 5.74) is 1.64. The number of nitrogens with one attached hydrogen (secondary N) is 1. The van der Waals surface area contributed by atoms with Gasteiger partial charge in [-0.15, -0.1) is 0 Å². The molecule has 2 aromatic carbocycles. The van der Waals surface area contributed by atoms with Gasteiger partial charge in [-0.25, -0.2) is 0 Å². The molecule has 8 nitrogen and oxygen atoms in total. The first-order valence-corrected chi connectivity index (χ1v) is 18.8. The molecule has 16 heteroatoms. The molecule has 0 aliphatic carbocycles. The van der Waals surface area contributed by atoms with Crippen LogP contribution in [0.5, 0.6) is 0 Å². The Bertz CT molecular complexity index is 1320. The Morgan fingerprint density at radius 2 is 1.48 bits per heavy atom. The van der Waals surface area contributed by atoms with E-state index in [4.69, 9.17) is 83.8 Å². The molecule has 1 N–H and O–H groups in total. The van der Waals surface area contributed by atoms with Crippen molar-refractivity contribution in [1.82, 2.24) is 9.99 Å². The van der Waals surface area contributed by atoms with Crippen molar-refractivity contribution in [2.45, 2.75) is 38.3 Å². The van der Waals surface area contributed by atoms with Crippen LogP contribution in [0.15, 0.2) is 71.9 Å². The summed E-state index contributed by atoms with van der Waals surface area (Å²) in [4.78, 5) is 41.2. The maximum absolute atomic E-state index is 14.2. The first kappa shape index (κ1) is 35.9. The van der Waals surface area contributed by atoms with Crippen LogP contribution in [0.25, 0.3) is 0 Å². The van der Waals surface area contributed by atoms with E-state index in [1.807, 2.05) is 60.7 Å². The van der Waals surface area contributed by atoms with Gasteiger partial charge in [0.1, 0.15) is 0 Å². The summed E-state index contributed by atoms with van der Waals surface area (Å²) in [6, 6.07) is 18.4. The number of amides is 1. The molecule has 3 atom stereocenters. The monoisotopic (exact) mass is 762 g/mol. The van der Waals surface area contributed by atoms with Gasteiger partial charge in [0.2, 0.25) is 0 Å². The third-order valence-corrected chi connectivity index (χ3v) is 13.5. The number of benzene rings is 2. The number of rotatable bonds is 11. The molecular weight excluding hydrogens is 736 g/mol. The number of nitrogens with zero attached hydrogens (tertiary/aromatic N) is 1. The molecule has 2 aliphatic rings. The van der Waals surface area contributed by atoms with Crippen molar-refractivity contribution < 1.29 is 28.6 Å². The fraction of sp³-hybridized carbons (Fsp3) is 0.393. The van der Waals surface area contributed by atoms with Crippen LogP contribution in [0.2, 0.25) is 0 Å². The Morgan fingerprint density at radius 1 is 0.955 bits per heavy atom. The van der Waals surface area contributed by atoms with Crippen molar-refractivity contribution in [3.63, 3.8) is 0 Å². The average Bonchev–Trinajstić information content (AvgIpc) is 2.93. The van der Waals surface area contributed by atoms with Crippen LogP contribution in [0.3, 0.4) is 0 Å². The molecule has 2 aliphatic heterocycles. The number of methoxy groups -OCH3 is 1. The molecule has 2 heterocycles. The molecule has 1 fully saturated rings. The van der Waals surface area contributed by atoms with Crippen molar-refractivity contribution in [3.05, 3.63) is 83.1 Å². The second kappa shape index (κ2) is 15.3. The molecule has 0 spiro atoms. The third kappa shape index (κ3) is 9.31. The van der Waals surface area contributed by atoms with Crippen LogP contribution < -0.4 is 5.09 Å². The zero-order valence-electron chi connectivity index (χ0n) is 23.4. The number of esters is 2. The van der Waals surface area contributed by atoms with Gasteiger partial charge in [-0.05, 0) is 0 Å². The second-order valence-electron chi connectivity index (χ2n) is 10.0. The number of alkyl halides is 6. The van der Waals surface area contributed by atoms with E-state index in [2.05, 4.69) is 5.09 Å². The van der Waals surface area contributed by atoms with E-state index in [0.717, 1.165) is 0 Å². The van der Waals surface area contributed by atoms with Crippen LogP contribution in [-0.2, 0) is 28.6 Å². The van der Waals surface area contributed by atoms with Gasteiger partial charge in [-0.2, -0.15) is 0 Å². The Kier molecular flexibility index (Phi) is 12.5. The van der Waals surface area contributed by atoms with E-state index >= 15 is 0 Å². The van der Waals surface area contributed by atoms with E-state index < -0.39 is 57.3 Å². The van der Waals surface area contributed by atoms with Crippen molar-refractivity contribution in [3.8, 4) is 0 Å². The van der Waals surface area contributed by atoms with E-state index in [-0.39, 0.29) is 29.3 Å². The fourth-order valence-corrected chi connectivity index (χ4v) is 11.9. The topological polar surface area (TPSA) is 94.2 Å². The Labute approximate surface area is 290 Å². The molecule has 1 unspecified atom stereocenters. The molecule has 0 bridgehead atoms. The SMILES string of the molecule is CO[C@@H]1C(=O)N2C(C(=O)OC(c3ccccc3)c3ccccc3)=C(C(N[PH2](CC(Cl)(Cl)Cl)CC(Cl)(Cl)Cl)OC(C)=O)CS[C@H]12. The second-order valence-corrected chi connectivity index (χ2v) is 18.7. The summed E-state index contributed by atoms with van der Waals surface area (Å²) in [6.45, 7) is 1.21. The van der Waals surface area contributed by atoms with Crippen LogP contribution >= 0.6 is 89.4 Å². The summed E-state index contributed by atoms with van der Waals surface area (Å²) < 4.78 is 13.8. The Hall–Kier alpha value is -0.970. The number of thioether (sulfide) groups is 1. The van der Waals surface area contributed by atoms with Crippen LogP contribution in [0, 0.1) is 0 Å². The predicted octanol–water partition coefficient (Wildman–Crippen LogP) is 6.58. The minimum atomic E-state index is -2.55. The van der Waals surface area contributed by atoms with Gasteiger partial charge in [0.15, 0.2) is 0 Å². The van der Waals surface area contributed by atoms with E-state index in [9.17, 15) is 14.4 Å². The van der Waals surface area contributed by atoms with Gasteiger partial charge in [0, 0.05) is 0 Å². The van der Waals surface area contributed by atoms with Crippen molar-refractivity contribution in [2.75, 3.05) is 25.2 Å². The number of carbonyl (C=O) groups is 3. The maximum atomic E-state index is 14.2. The van der Waals surface area contributed by atoms with Gasteiger partial charge in [0.25, 0.3) is 0 Å². The van der Waals surface area contributed by atoms with Gasteiger partial charge < -0.3 is 0 Å². The average molecular weight is 765 g/mol. The van der Waals surface area contributed by atoms with E-state index in [1.165, 1.54) is 30.7 Å². The minimum absolute atomic E-state index is 0.00927. The number of hydrogen-bond donors (Lipinski definition) is 1. The molecule has 0 saturated carbocycles. The van der Waals surface area contributed by atoms with E-state index in [0.29, 0.717) is 11.1 Å². The molecule has 0 aromatic heterocycles. The van der Waals surface area contributed by atoms with Gasteiger partial charge >= 0.3 is 292 Å².